The summed E-state index contributed by atoms with van der Waals surface area (Å²) in [6, 6.07) is 8.67. The van der Waals surface area contributed by atoms with E-state index in [2.05, 4.69) is 0 Å². The smallest absolute Gasteiger partial charge is 0.413 e. The number of aliphatic carboxylic acids is 1. The SMILES string of the molecule is CC(C)(C)OC(=O)N1CCCC1(OCc1ccc(C#N)cc1)C(=O)O. The molecule has 134 valence electrons. The number of hydrogen-bond donors (Lipinski definition) is 1. The summed E-state index contributed by atoms with van der Waals surface area (Å²) in [4.78, 5) is 25.5. The summed E-state index contributed by atoms with van der Waals surface area (Å²) in [5, 5.41) is 18.5. The van der Waals surface area contributed by atoms with E-state index >= 15 is 0 Å². The van der Waals surface area contributed by atoms with Crippen molar-refractivity contribution in [1.82, 2.24) is 4.90 Å². The summed E-state index contributed by atoms with van der Waals surface area (Å²) in [7, 11) is 0. The largest absolute Gasteiger partial charge is 0.478 e. The molecule has 0 bridgehead atoms. The maximum atomic E-state index is 12.4. The maximum Gasteiger partial charge on any atom is 0.413 e. The van der Waals surface area contributed by atoms with Gasteiger partial charge in [0.1, 0.15) is 5.60 Å². The Hall–Kier alpha value is -2.59. The van der Waals surface area contributed by atoms with Crippen LogP contribution < -0.4 is 0 Å². The molecule has 1 unspecified atom stereocenters. The number of carbonyl (C=O) groups is 2. The van der Waals surface area contributed by atoms with Crippen LogP contribution in [0.4, 0.5) is 4.79 Å². The first-order valence-electron chi connectivity index (χ1n) is 8.05. The van der Waals surface area contributed by atoms with E-state index in [0.717, 1.165) is 10.5 Å². The molecule has 25 heavy (non-hydrogen) atoms. The number of carboxylic acids is 1. The first kappa shape index (κ1) is 18.7. The topological polar surface area (TPSA) is 99.9 Å². The highest BCUT2D eigenvalue weighted by atomic mass is 16.6. The lowest BCUT2D eigenvalue weighted by atomic mass is 10.1. The quantitative estimate of drug-likeness (QED) is 0.900. The molecule has 1 aromatic carbocycles. The van der Waals surface area contributed by atoms with E-state index in [1.807, 2.05) is 6.07 Å². The van der Waals surface area contributed by atoms with E-state index in [1.165, 1.54) is 0 Å². The van der Waals surface area contributed by atoms with Gasteiger partial charge in [-0.05, 0) is 44.9 Å². The summed E-state index contributed by atoms with van der Waals surface area (Å²) < 4.78 is 11.0. The number of hydrogen-bond acceptors (Lipinski definition) is 5. The lowest BCUT2D eigenvalue weighted by molar-refractivity contribution is -0.190. The molecular formula is C18H22N2O5. The van der Waals surface area contributed by atoms with Gasteiger partial charge in [0.15, 0.2) is 0 Å². The third kappa shape index (κ3) is 4.28. The van der Waals surface area contributed by atoms with Crippen molar-refractivity contribution in [3.05, 3.63) is 35.4 Å². The van der Waals surface area contributed by atoms with Crippen LogP contribution in [0.3, 0.4) is 0 Å². The van der Waals surface area contributed by atoms with Gasteiger partial charge in [-0.2, -0.15) is 5.26 Å². The van der Waals surface area contributed by atoms with Gasteiger partial charge < -0.3 is 14.6 Å². The molecule has 7 nitrogen and oxygen atoms in total. The highest BCUT2D eigenvalue weighted by Crippen LogP contribution is 2.33. The number of likely N-dealkylation sites (tertiary alicyclic amines) is 1. The minimum Gasteiger partial charge on any atom is -0.478 e. The highest BCUT2D eigenvalue weighted by Gasteiger charge is 2.52. The van der Waals surface area contributed by atoms with Crippen molar-refractivity contribution in [2.24, 2.45) is 0 Å². The zero-order valence-electron chi connectivity index (χ0n) is 14.6. The molecule has 0 spiro atoms. The normalized spacial score (nSPS) is 20.2. The highest BCUT2D eigenvalue weighted by molar-refractivity contribution is 5.83. The molecule has 1 aliphatic rings. The molecule has 1 amide bonds. The second kappa shape index (κ2) is 7.11. The number of ether oxygens (including phenoxy) is 2. The lowest BCUT2D eigenvalue weighted by Crippen LogP contribution is -2.55. The van der Waals surface area contributed by atoms with Crippen LogP contribution in [0.5, 0.6) is 0 Å². The standard InChI is InChI=1S/C18H22N2O5/c1-17(2,3)25-16(23)20-10-4-9-18(20,15(21)22)24-12-14-7-5-13(11-19)6-8-14/h5-8H,4,9-10,12H2,1-3H3,(H,21,22). The number of nitriles is 1. The van der Waals surface area contributed by atoms with Gasteiger partial charge in [0.2, 0.25) is 5.72 Å². The fourth-order valence-electron chi connectivity index (χ4n) is 2.66. The third-order valence-corrected chi connectivity index (χ3v) is 3.84. The van der Waals surface area contributed by atoms with Gasteiger partial charge >= 0.3 is 12.1 Å². The Kier molecular flexibility index (Phi) is 5.33. The van der Waals surface area contributed by atoms with Gasteiger partial charge in [-0.3, -0.25) is 4.90 Å². The molecule has 1 heterocycles. The Bertz CT molecular complexity index is 687. The first-order valence-corrected chi connectivity index (χ1v) is 8.05. The van der Waals surface area contributed by atoms with Gasteiger partial charge in [0.25, 0.3) is 0 Å². The fraction of sp³-hybridized carbons (Fsp3) is 0.500. The van der Waals surface area contributed by atoms with Crippen molar-refractivity contribution in [2.45, 2.75) is 51.5 Å². The van der Waals surface area contributed by atoms with Crippen LogP contribution in [0.2, 0.25) is 0 Å². The molecule has 7 heteroatoms. The van der Waals surface area contributed by atoms with Crippen LogP contribution in [0.25, 0.3) is 0 Å². The minimum absolute atomic E-state index is 0.0112. The molecule has 0 aromatic heterocycles. The van der Waals surface area contributed by atoms with Crippen molar-refractivity contribution in [3.63, 3.8) is 0 Å². The van der Waals surface area contributed by atoms with Gasteiger partial charge in [0, 0.05) is 13.0 Å². The van der Waals surface area contributed by atoms with Crippen molar-refractivity contribution in [1.29, 1.82) is 5.26 Å². The van der Waals surface area contributed by atoms with Crippen LogP contribution in [0.15, 0.2) is 24.3 Å². The number of nitrogens with zero attached hydrogens (tertiary/aromatic N) is 2. The van der Waals surface area contributed by atoms with E-state index in [4.69, 9.17) is 14.7 Å². The lowest BCUT2D eigenvalue weighted by Gasteiger charge is -2.35. The zero-order valence-corrected chi connectivity index (χ0v) is 14.6. The van der Waals surface area contributed by atoms with Crippen molar-refractivity contribution >= 4 is 12.1 Å². The predicted octanol–water partition coefficient (Wildman–Crippen LogP) is 2.89. The van der Waals surface area contributed by atoms with Crippen LogP contribution in [-0.2, 0) is 20.9 Å². The van der Waals surface area contributed by atoms with Gasteiger partial charge in [-0.15, -0.1) is 0 Å². The second-order valence-corrected chi connectivity index (χ2v) is 6.92. The van der Waals surface area contributed by atoms with Crippen LogP contribution in [0.1, 0.15) is 44.7 Å². The molecular weight excluding hydrogens is 324 g/mol. The van der Waals surface area contributed by atoms with Crippen LogP contribution >= 0.6 is 0 Å². The Morgan fingerprint density at radius 2 is 1.96 bits per heavy atom. The molecule has 0 radical (unpaired) electrons. The van der Waals surface area contributed by atoms with E-state index in [-0.39, 0.29) is 19.6 Å². The number of benzene rings is 1. The molecule has 1 aliphatic heterocycles. The van der Waals surface area contributed by atoms with E-state index in [1.54, 1.807) is 45.0 Å². The summed E-state index contributed by atoms with van der Waals surface area (Å²) in [5.41, 5.74) is -1.24. The van der Waals surface area contributed by atoms with Crippen molar-refractivity contribution in [2.75, 3.05) is 6.54 Å². The third-order valence-electron chi connectivity index (χ3n) is 3.84. The predicted molar refractivity (Wildman–Crippen MR) is 88.5 cm³/mol. The van der Waals surface area contributed by atoms with Gasteiger partial charge in [-0.1, -0.05) is 12.1 Å². The molecule has 1 atom stereocenters. The number of rotatable bonds is 4. The maximum absolute atomic E-state index is 12.4. The Balaban J connectivity index is 2.17. The number of carbonyl (C=O) groups excluding carboxylic acids is 1. The summed E-state index contributed by atoms with van der Waals surface area (Å²) in [6.45, 7) is 5.44. The average molecular weight is 346 g/mol. The molecule has 1 saturated heterocycles. The fourth-order valence-corrected chi connectivity index (χ4v) is 2.66. The summed E-state index contributed by atoms with van der Waals surface area (Å²) in [5.74, 6) is -1.22. The van der Waals surface area contributed by atoms with E-state index < -0.39 is 23.4 Å². The van der Waals surface area contributed by atoms with E-state index in [0.29, 0.717) is 12.0 Å². The number of amides is 1. The molecule has 1 N–H and O–H groups in total. The first-order chi connectivity index (χ1) is 11.7. The second-order valence-electron chi connectivity index (χ2n) is 6.92. The van der Waals surface area contributed by atoms with Crippen LogP contribution in [0, 0.1) is 11.3 Å². The van der Waals surface area contributed by atoms with Crippen LogP contribution in [-0.4, -0.2) is 39.9 Å². The van der Waals surface area contributed by atoms with Crippen molar-refractivity contribution < 1.29 is 24.2 Å². The summed E-state index contributed by atoms with van der Waals surface area (Å²) in [6.07, 6.45) is 0.00349. The van der Waals surface area contributed by atoms with E-state index in [9.17, 15) is 14.7 Å². The molecule has 0 saturated carbocycles. The Labute approximate surface area is 146 Å². The molecule has 1 aromatic rings. The zero-order chi connectivity index (χ0) is 18.7. The number of carboxylic acid groups (broad SMARTS) is 1. The average Bonchev–Trinajstić information content (AvgIpc) is 2.97. The Morgan fingerprint density at radius 3 is 2.48 bits per heavy atom. The van der Waals surface area contributed by atoms with Gasteiger partial charge in [-0.25, -0.2) is 9.59 Å². The van der Waals surface area contributed by atoms with Crippen molar-refractivity contribution in [3.8, 4) is 6.07 Å². The molecule has 0 aliphatic carbocycles. The molecule has 1 fully saturated rings. The monoisotopic (exact) mass is 346 g/mol. The minimum atomic E-state index is -1.74. The summed E-state index contributed by atoms with van der Waals surface area (Å²) >= 11 is 0. The van der Waals surface area contributed by atoms with Gasteiger partial charge in [0.05, 0.1) is 18.2 Å². The molecule has 2 rings (SSSR count). The Morgan fingerprint density at radius 1 is 1.32 bits per heavy atom.